The Morgan fingerprint density at radius 1 is 1.08 bits per heavy atom. The van der Waals surface area contributed by atoms with E-state index < -0.39 is 0 Å². The van der Waals surface area contributed by atoms with Gasteiger partial charge >= 0.3 is 0 Å². The zero-order chi connectivity index (χ0) is 17.3. The molecule has 0 fully saturated rings. The van der Waals surface area contributed by atoms with Crippen molar-refractivity contribution in [1.29, 1.82) is 0 Å². The number of hydrogen-bond donors (Lipinski definition) is 2. The lowest BCUT2D eigenvalue weighted by molar-refractivity contribution is 0.543. The van der Waals surface area contributed by atoms with Gasteiger partial charge in [0.25, 0.3) is 0 Å². The van der Waals surface area contributed by atoms with Crippen molar-refractivity contribution in [2.75, 3.05) is 0 Å². The maximum Gasteiger partial charge on any atom is 0.153 e. The van der Waals surface area contributed by atoms with Gasteiger partial charge in [0.05, 0.1) is 17.3 Å². The van der Waals surface area contributed by atoms with Crippen LogP contribution in [0.15, 0.2) is 24.4 Å². The predicted octanol–water partition coefficient (Wildman–Crippen LogP) is 3.55. The molecule has 6 heteroatoms. The lowest BCUT2D eigenvalue weighted by Crippen LogP contribution is -2.19. The van der Waals surface area contributed by atoms with E-state index in [0.29, 0.717) is 18.4 Å². The van der Waals surface area contributed by atoms with Crippen molar-refractivity contribution >= 4 is 5.52 Å². The molecule has 0 aromatic carbocycles. The minimum absolute atomic E-state index is 0.0907. The average Bonchev–Trinajstić information content (AvgIpc) is 3.18. The maximum absolute atomic E-state index is 4.84. The molecule has 1 atom stereocenters. The Kier molecular flexibility index (Phi) is 4.66. The smallest absolute Gasteiger partial charge is 0.153 e. The summed E-state index contributed by atoms with van der Waals surface area (Å²) in [6, 6.07) is 6.31. The summed E-state index contributed by atoms with van der Waals surface area (Å²) >= 11 is 0. The minimum Gasteiger partial charge on any atom is -0.303 e. The second-order valence-corrected chi connectivity index (χ2v) is 6.86. The van der Waals surface area contributed by atoms with Gasteiger partial charge in [0, 0.05) is 24.6 Å². The molecule has 1 unspecified atom stereocenters. The standard InChI is InChI=1S/C18H26N6/c1-11(2)16-21-17(23-22-16)13(5)19-10-14-15-8-6-7-9-24(15)18(20-14)12(3)4/h6-9,11-13,19H,10H2,1-5H3,(H,21,22,23). The van der Waals surface area contributed by atoms with Crippen molar-refractivity contribution in [2.45, 2.75) is 59.0 Å². The first-order chi connectivity index (χ1) is 11.5. The van der Waals surface area contributed by atoms with Crippen LogP contribution in [0.5, 0.6) is 0 Å². The number of imidazole rings is 1. The highest BCUT2D eigenvalue weighted by molar-refractivity contribution is 5.53. The van der Waals surface area contributed by atoms with Crippen molar-refractivity contribution < 1.29 is 0 Å². The number of nitrogens with zero attached hydrogens (tertiary/aromatic N) is 4. The van der Waals surface area contributed by atoms with Crippen molar-refractivity contribution in [2.24, 2.45) is 0 Å². The maximum atomic E-state index is 4.84. The van der Waals surface area contributed by atoms with Gasteiger partial charge in [-0.25, -0.2) is 9.97 Å². The molecule has 0 amide bonds. The number of hydrogen-bond acceptors (Lipinski definition) is 4. The number of nitrogens with one attached hydrogen (secondary N) is 2. The second-order valence-electron chi connectivity index (χ2n) is 6.86. The third kappa shape index (κ3) is 3.19. The van der Waals surface area contributed by atoms with Crippen LogP contribution in [-0.2, 0) is 6.54 Å². The number of aromatic amines is 1. The summed E-state index contributed by atoms with van der Waals surface area (Å²) in [6.07, 6.45) is 2.08. The fraction of sp³-hybridized carbons (Fsp3) is 0.500. The lowest BCUT2D eigenvalue weighted by Gasteiger charge is -2.09. The van der Waals surface area contributed by atoms with Crippen LogP contribution >= 0.6 is 0 Å². The second kappa shape index (κ2) is 6.73. The molecule has 24 heavy (non-hydrogen) atoms. The Morgan fingerprint density at radius 2 is 1.88 bits per heavy atom. The van der Waals surface area contributed by atoms with Crippen LogP contribution in [0.2, 0.25) is 0 Å². The van der Waals surface area contributed by atoms with E-state index in [1.807, 2.05) is 6.07 Å². The van der Waals surface area contributed by atoms with E-state index >= 15 is 0 Å². The highest BCUT2D eigenvalue weighted by Crippen LogP contribution is 2.20. The highest BCUT2D eigenvalue weighted by Gasteiger charge is 2.16. The number of aromatic nitrogens is 5. The van der Waals surface area contributed by atoms with Gasteiger partial charge in [-0.1, -0.05) is 33.8 Å². The molecule has 0 aliphatic rings. The third-order valence-electron chi connectivity index (χ3n) is 4.19. The topological polar surface area (TPSA) is 70.9 Å². The summed E-state index contributed by atoms with van der Waals surface area (Å²) < 4.78 is 2.18. The van der Waals surface area contributed by atoms with E-state index in [1.54, 1.807) is 0 Å². The van der Waals surface area contributed by atoms with Gasteiger partial charge < -0.3 is 9.72 Å². The van der Waals surface area contributed by atoms with E-state index in [2.05, 4.69) is 77.8 Å². The van der Waals surface area contributed by atoms with Crippen LogP contribution in [-0.4, -0.2) is 24.6 Å². The lowest BCUT2D eigenvalue weighted by atomic mass is 10.2. The van der Waals surface area contributed by atoms with Crippen LogP contribution in [0.3, 0.4) is 0 Å². The first-order valence-electron chi connectivity index (χ1n) is 8.58. The fourth-order valence-electron chi connectivity index (χ4n) is 2.75. The molecule has 3 heterocycles. The molecule has 128 valence electrons. The number of rotatable bonds is 6. The van der Waals surface area contributed by atoms with E-state index in [4.69, 9.17) is 4.98 Å². The Balaban J connectivity index is 1.77. The van der Waals surface area contributed by atoms with E-state index in [9.17, 15) is 0 Å². The number of pyridine rings is 1. The van der Waals surface area contributed by atoms with E-state index in [-0.39, 0.29) is 6.04 Å². The summed E-state index contributed by atoms with van der Waals surface area (Å²) in [6.45, 7) is 11.3. The monoisotopic (exact) mass is 326 g/mol. The molecule has 3 rings (SSSR count). The Morgan fingerprint density at radius 3 is 2.54 bits per heavy atom. The molecule has 3 aromatic heterocycles. The first-order valence-corrected chi connectivity index (χ1v) is 8.58. The third-order valence-corrected chi connectivity index (χ3v) is 4.19. The molecule has 0 bridgehead atoms. The fourth-order valence-corrected chi connectivity index (χ4v) is 2.75. The van der Waals surface area contributed by atoms with Gasteiger partial charge in [0.2, 0.25) is 0 Å². The number of fused-ring (bicyclic) bond motifs is 1. The minimum atomic E-state index is 0.0907. The normalized spacial score (nSPS) is 13.3. The number of H-pyrrole nitrogens is 1. The van der Waals surface area contributed by atoms with Crippen LogP contribution in [0.4, 0.5) is 0 Å². The van der Waals surface area contributed by atoms with Gasteiger partial charge in [-0.05, 0) is 19.1 Å². The van der Waals surface area contributed by atoms with E-state index in [1.165, 1.54) is 0 Å². The quantitative estimate of drug-likeness (QED) is 0.727. The summed E-state index contributed by atoms with van der Waals surface area (Å²) in [5.41, 5.74) is 2.22. The molecule has 0 radical (unpaired) electrons. The van der Waals surface area contributed by atoms with Gasteiger partial charge in [-0.3, -0.25) is 5.10 Å². The van der Waals surface area contributed by atoms with Crippen LogP contribution in [0.1, 0.15) is 75.7 Å². The van der Waals surface area contributed by atoms with Crippen molar-refractivity contribution in [3.05, 3.63) is 47.6 Å². The SMILES string of the molecule is CC(C)c1n[nH]c(C(C)NCc2nc(C(C)C)n3ccccc23)n1. The molecule has 0 aliphatic carbocycles. The zero-order valence-corrected chi connectivity index (χ0v) is 15.0. The summed E-state index contributed by atoms with van der Waals surface area (Å²) in [7, 11) is 0. The molecule has 0 spiro atoms. The Bertz CT molecular complexity index is 814. The summed E-state index contributed by atoms with van der Waals surface area (Å²) in [5, 5.41) is 10.8. The molecule has 6 nitrogen and oxygen atoms in total. The predicted molar refractivity (Wildman–Crippen MR) is 95.0 cm³/mol. The molecule has 0 saturated carbocycles. The molecular weight excluding hydrogens is 300 g/mol. The van der Waals surface area contributed by atoms with Crippen molar-refractivity contribution in [1.82, 2.24) is 29.9 Å². The van der Waals surface area contributed by atoms with Crippen LogP contribution in [0, 0.1) is 0 Å². The van der Waals surface area contributed by atoms with E-state index in [0.717, 1.165) is 28.7 Å². The van der Waals surface area contributed by atoms with Crippen molar-refractivity contribution in [3.63, 3.8) is 0 Å². The van der Waals surface area contributed by atoms with Gasteiger partial charge in [0.15, 0.2) is 5.82 Å². The first kappa shape index (κ1) is 16.6. The average molecular weight is 326 g/mol. The largest absolute Gasteiger partial charge is 0.303 e. The van der Waals surface area contributed by atoms with Crippen molar-refractivity contribution in [3.8, 4) is 0 Å². The molecular formula is C18H26N6. The van der Waals surface area contributed by atoms with Gasteiger partial charge in [-0.15, -0.1) is 0 Å². The highest BCUT2D eigenvalue weighted by atomic mass is 15.2. The van der Waals surface area contributed by atoms with Crippen LogP contribution < -0.4 is 5.32 Å². The van der Waals surface area contributed by atoms with Gasteiger partial charge in [0.1, 0.15) is 11.6 Å². The molecule has 3 aromatic rings. The Labute approximate surface area is 142 Å². The summed E-state index contributed by atoms with van der Waals surface area (Å²) in [4.78, 5) is 9.41. The molecule has 0 saturated heterocycles. The Hall–Kier alpha value is -2.21. The van der Waals surface area contributed by atoms with Crippen LogP contribution in [0.25, 0.3) is 5.52 Å². The zero-order valence-electron chi connectivity index (χ0n) is 15.0. The summed E-state index contributed by atoms with van der Waals surface area (Å²) in [5.74, 6) is 3.53. The molecule has 0 aliphatic heterocycles. The van der Waals surface area contributed by atoms with Gasteiger partial charge in [-0.2, -0.15) is 5.10 Å². The molecule has 2 N–H and O–H groups in total.